The number of halogens is 2. The summed E-state index contributed by atoms with van der Waals surface area (Å²) in [6, 6.07) is 3.32. The zero-order valence-corrected chi connectivity index (χ0v) is 10.7. The van der Waals surface area contributed by atoms with E-state index in [0.29, 0.717) is 6.42 Å². The molecule has 3 nitrogen and oxygen atoms in total. The van der Waals surface area contributed by atoms with Gasteiger partial charge in [0.2, 0.25) is 0 Å². The highest BCUT2D eigenvalue weighted by Crippen LogP contribution is 2.24. The molecule has 2 rings (SSSR count). The highest BCUT2D eigenvalue weighted by atomic mass is 32.1. The molecule has 1 unspecified atom stereocenters. The molecular weight excluding hydrogens is 256 g/mol. The van der Waals surface area contributed by atoms with E-state index in [9.17, 15) is 8.78 Å². The molecule has 0 fully saturated rings. The van der Waals surface area contributed by atoms with Crippen LogP contribution in [-0.4, -0.2) is 9.59 Å². The standard InChI is InChI=1S/C12H13F2N3S/c1-2-11-12(18-17-16-11)10(15)6-7-8(13)4-3-5-9(7)14/h3-5,10H,2,6,15H2,1H3. The summed E-state index contributed by atoms with van der Waals surface area (Å²) in [5, 5.41) is 3.94. The second-order valence-electron chi connectivity index (χ2n) is 3.95. The van der Waals surface area contributed by atoms with Gasteiger partial charge in [0.1, 0.15) is 11.6 Å². The van der Waals surface area contributed by atoms with Gasteiger partial charge in [0.05, 0.1) is 10.6 Å². The molecule has 0 aliphatic heterocycles. The minimum Gasteiger partial charge on any atom is -0.323 e. The van der Waals surface area contributed by atoms with Crippen LogP contribution in [0.1, 0.15) is 29.1 Å². The van der Waals surface area contributed by atoms with Crippen molar-refractivity contribution in [1.29, 1.82) is 0 Å². The lowest BCUT2D eigenvalue weighted by atomic mass is 10.0. The molecule has 0 saturated heterocycles. The van der Waals surface area contributed by atoms with Gasteiger partial charge in [0, 0.05) is 11.6 Å². The first-order chi connectivity index (χ1) is 8.63. The molecule has 0 radical (unpaired) electrons. The van der Waals surface area contributed by atoms with Gasteiger partial charge in [-0.25, -0.2) is 8.78 Å². The van der Waals surface area contributed by atoms with Crippen molar-refractivity contribution in [1.82, 2.24) is 9.59 Å². The molecular formula is C12H13F2N3S. The van der Waals surface area contributed by atoms with Crippen LogP contribution in [0.3, 0.4) is 0 Å². The number of aromatic nitrogens is 2. The van der Waals surface area contributed by atoms with Crippen LogP contribution in [0.25, 0.3) is 0 Å². The van der Waals surface area contributed by atoms with Gasteiger partial charge >= 0.3 is 0 Å². The normalized spacial score (nSPS) is 12.7. The number of benzene rings is 1. The molecule has 0 saturated carbocycles. The van der Waals surface area contributed by atoms with Gasteiger partial charge in [-0.3, -0.25) is 0 Å². The molecule has 2 N–H and O–H groups in total. The Morgan fingerprint density at radius 1 is 1.33 bits per heavy atom. The second kappa shape index (κ2) is 5.49. The van der Waals surface area contributed by atoms with Crippen LogP contribution in [0.4, 0.5) is 8.78 Å². The van der Waals surface area contributed by atoms with Gasteiger partial charge in [0.25, 0.3) is 0 Å². The van der Waals surface area contributed by atoms with Crippen molar-refractivity contribution >= 4 is 11.5 Å². The monoisotopic (exact) mass is 269 g/mol. The summed E-state index contributed by atoms with van der Waals surface area (Å²) in [5.41, 5.74) is 6.79. The summed E-state index contributed by atoms with van der Waals surface area (Å²) in [4.78, 5) is 0.792. The molecule has 0 aliphatic rings. The molecule has 96 valence electrons. The Kier molecular flexibility index (Phi) is 3.98. The van der Waals surface area contributed by atoms with Crippen molar-refractivity contribution in [2.45, 2.75) is 25.8 Å². The van der Waals surface area contributed by atoms with Crippen molar-refractivity contribution in [3.8, 4) is 0 Å². The minimum absolute atomic E-state index is 0.0143. The van der Waals surface area contributed by atoms with E-state index in [1.807, 2.05) is 6.92 Å². The Balaban J connectivity index is 2.24. The number of rotatable bonds is 4. The maximum Gasteiger partial charge on any atom is 0.129 e. The van der Waals surface area contributed by atoms with Crippen LogP contribution in [-0.2, 0) is 12.8 Å². The van der Waals surface area contributed by atoms with Crippen LogP contribution in [0.2, 0.25) is 0 Å². The third kappa shape index (κ3) is 2.54. The van der Waals surface area contributed by atoms with Crippen molar-refractivity contribution < 1.29 is 8.78 Å². The molecule has 0 spiro atoms. The number of hydrogen-bond donors (Lipinski definition) is 1. The van der Waals surface area contributed by atoms with E-state index in [2.05, 4.69) is 9.59 Å². The molecule has 6 heteroatoms. The van der Waals surface area contributed by atoms with Crippen molar-refractivity contribution in [2.24, 2.45) is 5.73 Å². The summed E-state index contributed by atoms with van der Waals surface area (Å²) < 4.78 is 30.8. The van der Waals surface area contributed by atoms with Gasteiger partial charge in [-0.05, 0) is 36.5 Å². The third-order valence-corrected chi connectivity index (χ3v) is 3.64. The Morgan fingerprint density at radius 3 is 2.61 bits per heavy atom. The number of hydrogen-bond acceptors (Lipinski definition) is 4. The molecule has 18 heavy (non-hydrogen) atoms. The SMILES string of the molecule is CCc1nnsc1C(N)Cc1c(F)cccc1F. The quantitative estimate of drug-likeness (QED) is 0.928. The van der Waals surface area contributed by atoms with E-state index in [4.69, 9.17) is 5.73 Å². The topological polar surface area (TPSA) is 51.8 Å². The fourth-order valence-corrected chi connectivity index (χ4v) is 2.52. The zero-order chi connectivity index (χ0) is 13.1. The summed E-state index contributed by atoms with van der Waals surface area (Å²) >= 11 is 1.18. The first-order valence-electron chi connectivity index (χ1n) is 5.63. The minimum atomic E-state index is -0.569. The Bertz CT molecular complexity index is 522. The number of nitrogens with zero attached hydrogens (tertiary/aromatic N) is 2. The van der Waals surface area contributed by atoms with E-state index in [0.717, 1.165) is 10.6 Å². The molecule has 0 bridgehead atoms. The fourth-order valence-electron chi connectivity index (χ4n) is 1.78. The average molecular weight is 269 g/mol. The van der Waals surface area contributed by atoms with Crippen molar-refractivity contribution in [3.05, 3.63) is 46.0 Å². The van der Waals surface area contributed by atoms with Gasteiger partial charge in [-0.1, -0.05) is 17.5 Å². The first-order valence-corrected chi connectivity index (χ1v) is 6.40. The predicted octanol–water partition coefficient (Wildman–Crippen LogP) is 2.62. The van der Waals surface area contributed by atoms with E-state index >= 15 is 0 Å². The molecule has 1 aromatic carbocycles. The summed E-state index contributed by atoms with van der Waals surface area (Å²) in [6.07, 6.45) is 0.814. The van der Waals surface area contributed by atoms with Gasteiger partial charge in [-0.2, -0.15) is 0 Å². The highest BCUT2D eigenvalue weighted by Gasteiger charge is 2.18. The zero-order valence-electron chi connectivity index (χ0n) is 9.86. The number of aryl methyl sites for hydroxylation is 1. The van der Waals surface area contributed by atoms with Gasteiger partial charge in [-0.15, -0.1) is 5.10 Å². The van der Waals surface area contributed by atoms with Gasteiger partial charge < -0.3 is 5.73 Å². The summed E-state index contributed by atoms with van der Waals surface area (Å²) in [5.74, 6) is -1.14. The lowest BCUT2D eigenvalue weighted by Gasteiger charge is -2.11. The van der Waals surface area contributed by atoms with Crippen LogP contribution >= 0.6 is 11.5 Å². The summed E-state index contributed by atoms with van der Waals surface area (Å²) in [6.45, 7) is 1.94. The third-order valence-electron chi connectivity index (χ3n) is 2.74. The van der Waals surface area contributed by atoms with Crippen LogP contribution in [0.15, 0.2) is 18.2 Å². The lowest BCUT2D eigenvalue weighted by Crippen LogP contribution is -2.15. The van der Waals surface area contributed by atoms with E-state index in [-0.39, 0.29) is 12.0 Å². The van der Waals surface area contributed by atoms with Crippen LogP contribution in [0, 0.1) is 11.6 Å². The molecule has 0 aliphatic carbocycles. The van der Waals surface area contributed by atoms with E-state index in [1.165, 1.54) is 29.7 Å². The summed E-state index contributed by atoms with van der Waals surface area (Å²) in [7, 11) is 0. The lowest BCUT2D eigenvalue weighted by molar-refractivity contribution is 0.540. The van der Waals surface area contributed by atoms with Crippen molar-refractivity contribution in [2.75, 3.05) is 0 Å². The maximum absolute atomic E-state index is 13.5. The fraction of sp³-hybridized carbons (Fsp3) is 0.333. The average Bonchev–Trinajstić information content (AvgIpc) is 2.82. The van der Waals surface area contributed by atoms with E-state index in [1.54, 1.807) is 0 Å². The Hall–Kier alpha value is -1.40. The highest BCUT2D eigenvalue weighted by molar-refractivity contribution is 7.05. The van der Waals surface area contributed by atoms with Gasteiger partial charge in [0.15, 0.2) is 0 Å². The molecule has 0 amide bonds. The van der Waals surface area contributed by atoms with E-state index < -0.39 is 17.7 Å². The van der Waals surface area contributed by atoms with Crippen LogP contribution in [0.5, 0.6) is 0 Å². The largest absolute Gasteiger partial charge is 0.323 e. The van der Waals surface area contributed by atoms with Crippen LogP contribution < -0.4 is 5.73 Å². The number of nitrogens with two attached hydrogens (primary N) is 1. The maximum atomic E-state index is 13.5. The second-order valence-corrected chi connectivity index (χ2v) is 4.73. The predicted molar refractivity (Wildman–Crippen MR) is 66.3 cm³/mol. The smallest absolute Gasteiger partial charge is 0.129 e. The molecule has 2 aromatic rings. The molecule has 1 heterocycles. The molecule has 1 aromatic heterocycles. The Morgan fingerprint density at radius 2 is 2.00 bits per heavy atom. The molecule has 1 atom stereocenters. The first kappa shape index (κ1) is 13.0. The Labute approximate surface area is 108 Å². The van der Waals surface area contributed by atoms with Crippen molar-refractivity contribution in [3.63, 3.8) is 0 Å².